The molecule has 1 aromatic rings. The Labute approximate surface area is 93.7 Å². The zero-order chi connectivity index (χ0) is 11.4. The lowest BCUT2D eigenvalue weighted by atomic mass is 9.92. The van der Waals surface area contributed by atoms with E-state index in [1.54, 1.807) is 0 Å². The van der Waals surface area contributed by atoms with Gasteiger partial charge < -0.3 is 5.73 Å². The topological polar surface area (TPSA) is 26.0 Å². The highest BCUT2D eigenvalue weighted by atomic mass is 14.6. The molecule has 84 valence electrons. The average Bonchev–Trinajstić information content (AvgIpc) is 2.17. The molecule has 1 aromatic carbocycles. The van der Waals surface area contributed by atoms with Gasteiger partial charge in [-0.1, -0.05) is 45.0 Å². The molecule has 2 atom stereocenters. The normalized spacial score (nSPS) is 15.3. The molecule has 1 rings (SSSR count). The number of hydrogen-bond donors (Lipinski definition) is 1. The molecule has 0 bridgehead atoms. The first-order valence-electron chi connectivity index (χ1n) is 5.86. The number of rotatable bonds is 4. The summed E-state index contributed by atoms with van der Waals surface area (Å²) < 4.78 is 0. The lowest BCUT2D eigenvalue weighted by molar-refractivity contribution is 0.586. The van der Waals surface area contributed by atoms with Crippen molar-refractivity contribution >= 4 is 0 Å². The SMILES string of the molecule is CC(N)CC(C)c1ccc(C(C)C)cc1. The summed E-state index contributed by atoms with van der Waals surface area (Å²) in [5.41, 5.74) is 8.62. The van der Waals surface area contributed by atoms with Crippen LogP contribution in [0.2, 0.25) is 0 Å². The van der Waals surface area contributed by atoms with Gasteiger partial charge in [0.05, 0.1) is 0 Å². The Morgan fingerprint density at radius 1 is 0.933 bits per heavy atom. The highest BCUT2D eigenvalue weighted by molar-refractivity contribution is 5.26. The molecule has 0 radical (unpaired) electrons. The minimum Gasteiger partial charge on any atom is -0.328 e. The molecule has 1 nitrogen and oxygen atoms in total. The summed E-state index contributed by atoms with van der Waals surface area (Å²) in [6, 6.07) is 9.23. The van der Waals surface area contributed by atoms with Crippen LogP contribution >= 0.6 is 0 Å². The zero-order valence-electron chi connectivity index (χ0n) is 10.3. The van der Waals surface area contributed by atoms with Gasteiger partial charge in [0.25, 0.3) is 0 Å². The molecule has 15 heavy (non-hydrogen) atoms. The van der Waals surface area contributed by atoms with E-state index in [9.17, 15) is 0 Å². The molecule has 0 aromatic heterocycles. The fourth-order valence-corrected chi connectivity index (χ4v) is 1.90. The molecule has 0 aliphatic heterocycles. The van der Waals surface area contributed by atoms with Gasteiger partial charge in [-0.15, -0.1) is 0 Å². The van der Waals surface area contributed by atoms with Gasteiger partial charge in [0.2, 0.25) is 0 Å². The quantitative estimate of drug-likeness (QED) is 0.797. The van der Waals surface area contributed by atoms with Crippen LogP contribution in [0.5, 0.6) is 0 Å². The van der Waals surface area contributed by atoms with E-state index in [0.29, 0.717) is 11.8 Å². The standard InChI is InChI=1S/C14H23N/c1-10(2)13-5-7-14(8-6-13)11(3)9-12(4)15/h5-8,10-12H,9,15H2,1-4H3. The Balaban J connectivity index is 2.71. The molecule has 0 aliphatic carbocycles. The smallest absolute Gasteiger partial charge is 0.00162 e. The van der Waals surface area contributed by atoms with E-state index in [0.717, 1.165) is 6.42 Å². The zero-order valence-corrected chi connectivity index (χ0v) is 10.3. The fraction of sp³-hybridized carbons (Fsp3) is 0.571. The monoisotopic (exact) mass is 205 g/mol. The van der Waals surface area contributed by atoms with E-state index in [2.05, 4.69) is 52.0 Å². The summed E-state index contributed by atoms with van der Waals surface area (Å²) >= 11 is 0. The Morgan fingerprint density at radius 2 is 1.40 bits per heavy atom. The predicted molar refractivity (Wildman–Crippen MR) is 67.2 cm³/mol. The molecule has 2 unspecified atom stereocenters. The number of nitrogens with two attached hydrogens (primary N) is 1. The van der Waals surface area contributed by atoms with Crippen LogP contribution in [-0.4, -0.2) is 6.04 Å². The van der Waals surface area contributed by atoms with Crippen molar-refractivity contribution in [1.29, 1.82) is 0 Å². The summed E-state index contributed by atoms with van der Waals surface area (Å²) in [7, 11) is 0. The van der Waals surface area contributed by atoms with Crippen LogP contribution in [0, 0.1) is 0 Å². The van der Waals surface area contributed by atoms with Gasteiger partial charge in [-0.3, -0.25) is 0 Å². The van der Waals surface area contributed by atoms with Crippen LogP contribution in [0.3, 0.4) is 0 Å². The number of benzene rings is 1. The lowest BCUT2D eigenvalue weighted by Crippen LogP contribution is -2.17. The fourth-order valence-electron chi connectivity index (χ4n) is 1.90. The van der Waals surface area contributed by atoms with Crippen molar-refractivity contribution in [2.45, 2.75) is 52.0 Å². The minimum absolute atomic E-state index is 0.282. The van der Waals surface area contributed by atoms with Gasteiger partial charge in [0.15, 0.2) is 0 Å². The first-order valence-corrected chi connectivity index (χ1v) is 5.86. The third-order valence-corrected chi connectivity index (χ3v) is 2.90. The molecule has 0 aliphatic rings. The van der Waals surface area contributed by atoms with Crippen LogP contribution in [0.25, 0.3) is 0 Å². The third kappa shape index (κ3) is 3.67. The van der Waals surface area contributed by atoms with Crippen molar-refractivity contribution < 1.29 is 0 Å². The highest BCUT2D eigenvalue weighted by Gasteiger charge is 2.08. The van der Waals surface area contributed by atoms with Crippen molar-refractivity contribution in [2.24, 2.45) is 5.73 Å². The summed E-state index contributed by atoms with van der Waals surface area (Å²) in [5, 5.41) is 0. The van der Waals surface area contributed by atoms with Crippen LogP contribution in [0.1, 0.15) is 57.1 Å². The van der Waals surface area contributed by atoms with Crippen LogP contribution in [0.4, 0.5) is 0 Å². The maximum absolute atomic E-state index is 5.81. The van der Waals surface area contributed by atoms with Gasteiger partial charge in [-0.05, 0) is 36.3 Å². The number of hydrogen-bond acceptors (Lipinski definition) is 1. The molecular weight excluding hydrogens is 182 g/mol. The van der Waals surface area contributed by atoms with Gasteiger partial charge in [-0.2, -0.15) is 0 Å². The Bertz CT molecular complexity index is 285. The molecule has 2 N–H and O–H groups in total. The van der Waals surface area contributed by atoms with Crippen LogP contribution in [-0.2, 0) is 0 Å². The molecule has 0 fully saturated rings. The summed E-state index contributed by atoms with van der Waals surface area (Å²) in [6.07, 6.45) is 1.06. The molecule has 1 heteroatoms. The van der Waals surface area contributed by atoms with Crippen molar-refractivity contribution in [3.05, 3.63) is 35.4 Å². The van der Waals surface area contributed by atoms with E-state index in [-0.39, 0.29) is 6.04 Å². The molecule has 0 amide bonds. The minimum atomic E-state index is 0.282. The van der Waals surface area contributed by atoms with Gasteiger partial charge in [0.1, 0.15) is 0 Å². The molecule has 0 saturated heterocycles. The lowest BCUT2D eigenvalue weighted by Gasteiger charge is -2.15. The van der Waals surface area contributed by atoms with Gasteiger partial charge >= 0.3 is 0 Å². The first-order chi connectivity index (χ1) is 7.00. The maximum atomic E-state index is 5.81. The van der Waals surface area contributed by atoms with E-state index >= 15 is 0 Å². The van der Waals surface area contributed by atoms with Gasteiger partial charge in [0, 0.05) is 6.04 Å². The van der Waals surface area contributed by atoms with Crippen molar-refractivity contribution in [2.75, 3.05) is 0 Å². The van der Waals surface area contributed by atoms with E-state index in [4.69, 9.17) is 5.73 Å². The van der Waals surface area contributed by atoms with Crippen molar-refractivity contribution in [3.63, 3.8) is 0 Å². The van der Waals surface area contributed by atoms with E-state index in [1.165, 1.54) is 11.1 Å². The average molecular weight is 205 g/mol. The third-order valence-electron chi connectivity index (χ3n) is 2.90. The Hall–Kier alpha value is -0.820. The van der Waals surface area contributed by atoms with E-state index in [1.807, 2.05) is 0 Å². The summed E-state index contributed by atoms with van der Waals surface area (Å²) in [5.74, 6) is 1.18. The summed E-state index contributed by atoms with van der Waals surface area (Å²) in [6.45, 7) is 8.76. The second-order valence-corrected chi connectivity index (χ2v) is 4.94. The van der Waals surface area contributed by atoms with Gasteiger partial charge in [-0.25, -0.2) is 0 Å². The summed E-state index contributed by atoms with van der Waals surface area (Å²) in [4.78, 5) is 0. The van der Waals surface area contributed by atoms with Crippen LogP contribution in [0.15, 0.2) is 24.3 Å². The van der Waals surface area contributed by atoms with Crippen molar-refractivity contribution in [3.8, 4) is 0 Å². The molecule has 0 heterocycles. The molecule has 0 spiro atoms. The Kier molecular flexibility index (Phi) is 4.34. The second kappa shape index (κ2) is 5.32. The largest absolute Gasteiger partial charge is 0.328 e. The predicted octanol–water partition coefficient (Wildman–Crippen LogP) is 3.65. The maximum Gasteiger partial charge on any atom is 0.00162 e. The Morgan fingerprint density at radius 3 is 1.80 bits per heavy atom. The molecular formula is C14H23N. The molecule has 0 saturated carbocycles. The second-order valence-electron chi connectivity index (χ2n) is 4.94. The van der Waals surface area contributed by atoms with Crippen molar-refractivity contribution in [1.82, 2.24) is 0 Å². The highest BCUT2D eigenvalue weighted by Crippen LogP contribution is 2.22. The van der Waals surface area contributed by atoms with Crippen LogP contribution < -0.4 is 5.73 Å². The first kappa shape index (κ1) is 12.3. The van der Waals surface area contributed by atoms with E-state index < -0.39 is 0 Å².